The second-order valence-corrected chi connectivity index (χ2v) is 4.86. The fourth-order valence-electron chi connectivity index (χ4n) is 2.34. The summed E-state index contributed by atoms with van der Waals surface area (Å²) < 4.78 is 5.78. The first kappa shape index (κ1) is 12.2. The molecule has 1 heterocycles. The van der Waals surface area contributed by atoms with Gasteiger partial charge in [-0.25, -0.2) is 0 Å². The number of benzene rings is 1. The molecule has 1 aromatic rings. The van der Waals surface area contributed by atoms with Crippen molar-refractivity contribution in [3.63, 3.8) is 0 Å². The van der Waals surface area contributed by atoms with Crippen molar-refractivity contribution in [1.29, 1.82) is 0 Å². The van der Waals surface area contributed by atoms with Crippen LogP contribution in [-0.2, 0) is 0 Å². The van der Waals surface area contributed by atoms with Gasteiger partial charge in [-0.1, -0.05) is 12.5 Å². The Bertz CT molecular complexity index is 370. The third-order valence-corrected chi connectivity index (χ3v) is 3.06. The van der Waals surface area contributed by atoms with Gasteiger partial charge in [-0.05, 0) is 45.4 Å². The molecule has 0 saturated carbocycles. The number of hydrogen-bond acceptors (Lipinski definition) is 3. The van der Waals surface area contributed by atoms with E-state index < -0.39 is 0 Å². The topological polar surface area (TPSA) is 41.5 Å². The van der Waals surface area contributed by atoms with E-state index in [0.29, 0.717) is 5.75 Å². The first-order chi connectivity index (χ1) is 8.18. The van der Waals surface area contributed by atoms with Crippen molar-refractivity contribution >= 4 is 0 Å². The van der Waals surface area contributed by atoms with Crippen molar-refractivity contribution in [2.24, 2.45) is 0 Å². The van der Waals surface area contributed by atoms with Gasteiger partial charge in [-0.2, -0.15) is 0 Å². The monoisotopic (exact) mass is 235 g/mol. The van der Waals surface area contributed by atoms with E-state index >= 15 is 0 Å². The average molecular weight is 235 g/mol. The summed E-state index contributed by atoms with van der Waals surface area (Å²) in [6.45, 7) is 5.02. The third kappa shape index (κ3) is 2.91. The molecule has 1 atom stereocenters. The molecule has 2 N–H and O–H groups in total. The Balaban J connectivity index is 2.28. The molecule has 1 saturated heterocycles. The smallest absolute Gasteiger partial charge is 0.128 e. The fraction of sp³-hybridized carbons (Fsp3) is 0.571. The molecule has 2 rings (SSSR count). The highest BCUT2D eigenvalue weighted by Crippen LogP contribution is 2.37. The molecule has 94 valence electrons. The van der Waals surface area contributed by atoms with Gasteiger partial charge in [0, 0.05) is 6.04 Å². The zero-order valence-corrected chi connectivity index (χ0v) is 10.6. The third-order valence-electron chi connectivity index (χ3n) is 3.06. The second kappa shape index (κ2) is 5.41. The molecule has 1 fully saturated rings. The van der Waals surface area contributed by atoms with Crippen LogP contribution in [0.2, 0.25) is 0 Å². The van der Waals surface area contributed by atoms with E-state index in [1.54, 1.807) is 6.07 Å². The number of aromatic hydroxyl groups is 1. The molecule has 3 nitrogen and oxygen atoms in total. The van der Waals surface area contributed by atoms with Crippen LogP contribution in [0.25, 0.3) is 0 Å². The van der Waals surface area contributed by atoms with E-state index in [0.717, 1.165) is 24.3 Å². The van der Waals surface area contributed by atoms with Crippen LogP contribution in [0.5, 0.6) is 11.5 Å². The quantitative estimate of drug-likeness (QED) is 0.846. The van der Waals surface area contributed by atoms with Crippen LogP contribution in [0.4, 0.5) is 0 Å². The van der Waals surface area contributed by atoms with Crippen LogP contribution in [-0.4, -0.2) is 17.8 Å². The van der Waals surface area contributed by atoms with Crippen LogP contribution in [0.15, 0.2) is 18.2 Å². The highest BCUT2D eigenvalue weighted by molar-refractivity contribution is 5.46. The molecule has 1 unspecified atom stereocenters. The van der Waals surface area contributed by atoms with Crippen molar-refractivity contribution in [3.05, 3.63) is 23.8 Å². The van der Waals surface area contributed by atoms with Crippen molar-refractivity contribution in [2.75, 3.05) is 6.54 Å². The van der Waals surface area contributed by atoms with Crippen molar-refractivity contribution in [3.8, 4) is 11.5 Å². The largest absolute Gasteiger partial charge is 0.507 e. The van der Waals surface area contributed by atoms with E-state index in [1.165, 1.54) is 12.8 Å². The minimum Gasteiger partial charge on any atom is -0.507 e. The van der Waals surface area contributed by atoms with Gasteiger partial charge in [-0.15, -0.1) is 0 Å². The summed E-state index contributed by atoms with van der Waals surface area (Å²) in [5, 5.41) is 13.5. The highest BCUT2D eigenvalue weighted by Gasteiger charge is 2.22. The summed E-state index contributed by atoms with van der Waals surface area (Å²) >= 11 is 0. The standard InChI is InChI=1S/C14H21NO2/c1-10(2)17-13-8-5-7-12(16)14(13)11-6-3-4-9-15-11/h5,7-8,10-11,15-16H,3-4,6,9H2,1-2H3. The molecule has 17 heavy (non-hydrogen) atoms. The molecule has 0 aromatic heterocycles. The zero-order valence-electron chi connectivity index (χ0n) is 10.6. The summed E-state index contributed by atoms with van der Waals surface area (Å²) in [5.41, 5.74) is 0.918. The van der Waals surface area contributed by atoms with Crippen LogP contribution >= 0.6 is 0 Å². The molecular weight excluding hydrogens is 214 g/mol. The Morgan fingerprint density at radius 1 is 1.35 bits per heavy atom. The van der Waals surface area contributed by atoms with Gasteiger partial charge in [-0.3, -0.25) is 0 Å². The lowest BCUT2D eigenvalue weighted by molar-refractivity contribution is 0.234. The van der Waals surface area contributed by atoms with Gasteiger partial charge < -0.3 is 15.2 Å². The Morgan fingerprint density at radius 2 is 2.18 bits per heavy atom. The number of ether oxygens (including phenoxy) is 1. The Morgan fingerprint density at radius 3 is 2.82 bits per heavy atom. The summed E-state index contributed by atoms with van der Waals surface area (Å²) in [4.78, 5) is 0. The predicted molar refractivity (Wildman–Crippen MR) is 68.5 cm³/mol. The fourth-order valence-corrected chi connectivity index (χ4v) is 2.34. The van der Waals surface area contributed by atoms with Crippen LogP contribution in [0.3, 0.4) is 0 Å². The van der Waals surface area contributed by atoms with Crippen molar-refractivity contribution in [2.45, 2.75) is 45.3 Å². The molecule has 0 spiro atoms. The molecule has 1 aliphatic rings. The van der Waals surface area contributed by atoms with E-state index in [9.17, 15) is 5.11 Å². The number of nitrogens with one attached hydrogen (secondary N) is 1. The maximum atomic E-state index is 10.0. The van der Waals surface area contributed by atoms with Gasteiger partial charge in [0.1, 0.15) is 11.5 Å². The summed E-state index contributed by atoms with van der Waals surface area (Å²) in [6, 6.07) is 5.72. The second-order valence-electron chi connectivity index (χ2n) is 4.86. The molecular formula is C14H21NO2. The first-order valence-electron chi connectivity index (χ1n) is 6.40. The molecule has 0 bridgehead atoms. The van der Waals surface area contributed by atoms with E-state index in [4.69, 9.17) is 4.74 Å². The van der Waals surface area contributed by atoms with E-state index in [2.05, 4.69) is 5.32 Å². The number of phenols is 1. The number of hydrogen-bond donors (Lipinski definition) is 2. The lowest BCUT2D eigenvalue weighted by atomic mass is 9.96. The summed E-state index contributed by atoms with van der Waals surface area (Å²) in [5.74, 6) is 1.14. The molecule has 3 heteroatoms. The molecule has 0 radical (unpaired) electrons. The normalized spacial score (nSPS) is 20.5. The number of piperidine rings is 1. The van der Waals surface area contributed by atoms with E-state index in [-0.39, 0.29) is 12.1 Å². The molecule has 0 amide bonds. The van der Waals surface area contributed by atoms with Crippen LogP contribution < -0.4 is 10.1 Å². The SMILES string of the molecule is CC(C)Oc1cccc(O)c1C1CCCCN1. The maximum absolute atomic E-state index is 10.0. The van der Waals surface area contributed by atoms with Gasteiger partial charge >= 0.3 is 0 Å². The average Bonchev–Trinajstić information content (AvgIpc) is 2.29. The number of rotatable bonds is 3. The maximum Gasteiger partial charge on any atom is 0.128 e. The summed E-state index contributed by atoms with van der Waals surface area (Å²) in [6.07, 6.45) is 3.60. The Labute approximate surface area is 103 Å². The highest BCUT2D eigenvalue weighted by atomic mass is 16.5. The van der Waals surface area contributed by atoms with Crippen LogP contribution in [0, 0.1) is 0 Å². The lowest BCUT2D eigenvalue weighted by Crippen LogP contribution is -2.27. The van der Waals surface area contributed by atoms with E-state index in [1.807, 2.05) is 26.0 Å². The van der Waals surface area contributed by atoms with Gasteiger partial charge in [0.25, 0.3) is 0 Å². The minimum atomic E-state index is 0.124. The minimum absolute atomic E-state index is 0.124. The number of phenolic OH excluding ortho intramolecular Hbond substituents is 1. The lowest BCUT2D eigenvalue weighted by Gasteiger charge is -2.27. The predicted octanol–water partition coefficient (Wildman–Crippen LogP) is 2.99. The van der Waals surface area contributed by atoms with Crippen molar-refractivity contribution in [1.82, 2.24) is 5.32 Å². The Hall–Kier alpha value is -1.22. The van der Waals surface area contributed by atoms with Gasteiger partial charge in [0.2, 0.25) is 0 Å². The molecule has 1 aromatic carbocycles. The van der Waals surface area contributed by atoms with Gasteiger partial charge in [0.15, 0.2) is 0 Å². The first-order valence-corrected chi connectivity index (χ1v) is 6.40. The zero-order chi connectivity index (χ0) is 12.3. The summed E-state index contributed by atoms with van der Waals surface area (Å²) in [7, 11) is 0. The Kier molecular flexibility index (Phi) is 3.89. The molecule has 1 aliphatic heterocycles. The van der Waals surface area contributed by atoms with Gasteiger partial charge in [0.05, 0.1) is 11.7 Å². The van der Waals surface area contributed by atoms with Crippen LogP contribution in [0.1, 0.15) is 44.7 Å². The molecule has 0 aliphatic carbocycles. The van der Waals surface area contributed by atoms with Crippen molar-refractivity contribution < 1.29 is 9.84 Å².